The number of aryl methyl sites for hydroxylation is 1. The molecule has 2 aromatic carbocycles. The molecule has 0 bridgehead atoms. The Balaban J connectivity index is 0.000000334. The number of anilines is 1. The number of ketones is 1. The number of hydrogen-bond acceptors (Lipinski definition) is 5. The van der Waals surface area contributed by atoms with Crippen LogP contribution < -0.4 is 4.90 Å². The van der Waals surface area contributed by atoms with Crippen molar-refractivity contribution in [1.82, 2.24) is 4.98 Å². The van der Waals surface area contributed by atoms with E-state index in [1.165, 1.54) is 37.7 Å². The maximum atomic E-state index is 11.7. The molecule has 0 saturated carbocycles. The van der Waals surface area contributed by atoms with Gasteiger partial charge in [0.25, 0.3) is 0 Å². The Hall–Kier alpha value is -2.53. The molecule has 4 rings (SSSR count). The Kier molecular flexibility index (Phi) is 13.9. The first kappa shape index (κ1) is 35.7. The zero-order chi connectivity index (χ0) is 30.3. The van der Waals surface area contributed by atoms with Crippen molar-refractivity contribution in [2.24, 2.45) is 11.8 Å². The van der Waals surface area contributed by atoms with Crippen molar-refractivity contribution in [3.63, 3.8) is 0 Å². The molecule has 0 aliphatic rings. The predicted molar refractivity (Wildman–Crippen MR) is 178 cm³/mol. The summed E-state index contributed by atoms with van der Waals surface area (Å²) in [6.45, 7) is 14.8. The molecule has 0 spiro atoms. The standard InChI is InChI=1S/C23H23N2S.C13H24O2.Ir/c1-14(2)20-13-17(12-16-8-6-7-9-19(16)20)21-22-18(10-11-24-21)15(3)23(26-22)25(4)5;1-5-10(6-2)12(14)9-13(15)11(7-3)8-4;/h6-11,13-14H,1-5H3;9-11,14H,5-8H2,1-4H3;/q-1;;/b;12-9-;. The number of aliphatic hydroxyl groups is 1. The number of benzene rings is 2. The monoisotopic (exact) mass is 764 g/mol. The van der Waals surface area contributed by atoms with Gasteiger partial charge in [0.1, 0.15) is 0 Å². The van der Waals surface area contributed by atoms with E-state index >= 15 is 0 Å². The third-order valence-corrected chi connectivity index (χ3v) is 9.48. The molecule has 0 fully saturated rings. The smallest absolute Gasteiger partial charge is 0.162 e. The van der Waals surface area contributed by atoms with E-state index in [1.807, 2.05) is 45.2 Å². The molecule has 4 aromatic rings. The molecule has 229 valence electrons. The molecule has 0 saturated heterocycles. The Morgan fingerprint density at radius 3 is 2.19 bits per heavy atom. The fraction of sp³-hybridized carbons (Fsp3) is 0.444. The van der Waals surface area contributed by atoms with Crippen molar-refractivity contribution in [1.29, 1.82) is 0 Å². The molecule has 1 radical (unpaired) electrons. The molecule has 2 aromatic heterocycles. The first-order valence-corrected chi connectivity index (χ1v) is 15.8. The molecule has 2 heterocycles. The zero-order valence-corrected chi connectivity index (χ0v) is 29.9. The molecule has 0 aliphatic carbocycles. The number of aromatic nitrogens is 1. The van der Waals surface area contributed by atoms with Crippen molar-refractivity contribution in [2.45, 2.75) is 80.1 Å². The van der Waals surface area contributed by atoms with Gasteiger partial charge < -0.3 is 10.0 Å². The van der Waals surface area contributed by atoms with Gasteiger partial charge in [0.15, 0.2) is 5.78 Å². The summed E-state index contributed by atoms with van der Waals surface area (Å²) in [6, 6.07) is 16.6. The molecular weight excluding hydrogens is 717 g/mol. The van der Waals surface area contributed by atoms with Gasteiger partial charge in [-0.05, 0) is 55.5 Å². The van der Waals surface area contributed by atoms with Crippen LogP contribution in [0.4, 0.5) is 5.00 Å². The van der Waals surface area contributed by atoms with Crippen LogP contribution in [0.15, 0.2) is 54.4 Å². The van der Waals surface area contributed by atoms with Gasteiger partial charge in [0.2, 0.25) is 0 Å². The van der Waals surface area contributed by atoms with E-state index in [0.29, 0.717) is 5.92 Å². The van der Waals surface area contributed by atoms with E-state index in [1.54, 1.807) is 0 Å². The maximum Gasteiger partial charge on any atom is 0.162 e. The van der Waals surface area contributed by atoms with E-state index in [0.717, 1.165) is 42.3 Å². The fourth-order valence-electron chi connectivity index (χ4n) is 5.40. The van der Waals surface area contributed by atoms with Crippen molar-refractivity contribution < 1.29 is 30.0 Å². The normalized spacial score (nSPS) is 11.7. The number of nitrogens with zero attached hydrogens (tertiary/aromatic N) is 2. The van der Waals surface area contributed by atoms with Crippen LogP contribution in [-0.2, 0) is 24.9 Å². The van der Waals surface area contributed by atoms with Gasteiger partial charge in [-0.15, -0.1) is 40.5 Å². The van der Waals surface area contributed by atoms with Crippen LogP contribution in [0, 0.1) is 24.8 Å². The third-order valence-electron chi connectivity index (χ3n) is 8.00. The average molecular weight is 764 g/mol. The summed E-state index contributed by atoms with van der Waals surface area (Å²) in [6.07, 6.45) is 6.83. The molecule has 0 amide bonds. The fourth-order valence-corrected chi connectivity index (χ4v) is 6.63. The second-order valence-corrected chi connectivity index (χ2v) is 12.3. The zero-order valence-electron chi connectivity index (χ0n) is 26.7. The molecule has 0 unspecified atom stereocenters. The summed E-state index contributed by atoms with van der Waals surface area (Å²) >= 11 is 1.82. The molecule has 1 N–H and O–H groups in total. The van der Waals surface area contributed by atoms with Crippen LogP contribution in [0.5, 0.6) is 0 Å². The van der Waals surface area contributed by atoms with Gasteiger partial charge in [-0.2, -0.15) is 0 Å². The molecule has 0 atom stereocenters. The van der Waals surface area contributed by atoms with Crippen molar-refractivity contribution in [2.75, 3.05) is 19.0 Å². The first-order valence-electron chi connectivity index (χ1n) is 15.0. The van der Waals surface area contributed by atoms with Crippen LogP contribution in [0.1, 0.15) is 84.3 Å². The van der Waals surface area contributed by atoms with Crippen LogP contribution in [0.3, 0.4) is 0 Å². The number of carbonyl (C=O) groups is 1. The predicted octanol–water partition coefficient (Wildman–Crippen LogP) is 10.3. The van der Waals surface area contributed by atoms with Gasteiger partial charge in [0, 0.05) is 68.7 Å². The van der Waals surface area contributed by atoms with Crippen molar-refractivity contribution in [3.05, 3.63) is 71.6 Å². The number of allylic oxidation sites excluding steroid dienone is 2. The third kappa shape index (κ3) is 8.09. The molecule has 4 nitrogen and oxygen atoms in total. The average Bonchev–Trinajstić information content (AvgIpc) is 3.30. The minimum Gasteiger partial charge on any atom is -0.512 e. The molecular formula is C36H47IrN2O2S-. The van der Waals surface area contributed by atoms with E-state index in [4.69, 9.17) is 4.98 Å². The van der Waals surface area contributed by atoms with Gasteiger partial charge >= 0.3 is 0 Å². The number of aliphatic hydroxyl groups excluding tert-OH is 1. The van der Waals surface area contributed by atoms with E-state index in [9.17, 15) is 9.90 Å². The number of thiophene rings is 1. The first-order chi connectivity index (χ1) is 19.6. The summed E-state index contributed by atoms with van der Waals surface area (Å²) in [5, 5.41) is 14.8. The van der Waals surface area contributed by atoms with Gasteiger partial charge in [-0.3, -0.25) is 9.78 Å². The van der Waals surface area contributed by atoms with E-state index in [2.05, 4.69) is 82.2 Å². The quantitative estimate of drug-likeness (QED) is 0.0993. The van der Waals surface area contributed by atoms with Crippen molar-refractivity contribution >= 4 is 43.0 Å². The minimum absolute atomic E-state index is 0. The molecule has 0 aliphatic heterocycles. The van der Waals surface area contributed by atoms with Crippen LogP contribution in [-0.4, -0.2) is 30.0 Å². The Bertz CT molecular complexity index is 1500. The number of carbonyl (C=O) groups excluding carboxylic acids is 1. The summed E-state index contributed by atoms with van der Waals surface area (Å²) < 4.78 is 1.25. The Morgan fingerprint density at radius 2 is 1.62 bits per heavy atom. The maximum absolute atomic E-state index is 11.7. The largest absolute Gasteiger partial charge is 0.512 e. The number of fused-ring (bicyclic) bond motifs is 2. The van der Waals surface area contributed by atoms with Gasteiger partial charge in [0.05, 0.1) is 10.8 Å². The van der Waals surface area contributed by atoms with Gasteiger partial charge in [-0.25, -0.2) is 0 Å². The van der Waals surface area contributed by atoms with E-state index in [-0.39, 0.29) is 43.5 Å². The summed E-state index contributed by atoms with van der Waals surface area (Å²) in [5.41, 5.74) is 4.80. The van der Waals surface area contributed by atoms with Gasteiger partial charge in [-0.1, -0.05) is 70.7 Å². The summed E-state index contributed by atoms with van der Waals surface area (Å²) in [5.74, 6) is 1.00. The van der Waals surface area contributed by atoms with Crippen LogP contribution >= 0.6 is 11.3 Å². The van der Waals surface area contributed by atoms with Crippen LogP contribution in [0.2, 0.25) is 0 Å². The summed E-state index contributed by atoms with van der Waals surface area (Å²) in [7, 11) is 4.20. The number of hydrogen-bond donors (Lipinski definition) is 1. The minimum atomic E-state index is 0. The number of rotatable bonds is 10. The number of pyridine rings is 1. The van der Waals surface area contributed by atoms with E-state index < -0.39 is 0 Å². The Morgan fingerprint density at radius 1 is 1.00 bits per heavy atom. The second kappa shape index (κ2) is 16.4. The molecule has 6 heteroatoms. The van der Waals surface area contributed by atoms with Crippen molar-refractivity contribution in [3.8, 4) is 11.3 Å². The summed E-state index contributed by atoms with van der Waals surface area (Å²) in [4.78, 5) is 18.7. The second-order valence-electron chi connectivity index (χ2n) is 11.3. The molecule has 42 heavy (non-hydrogen) atoms. The SMILES string of the molecule is CCC(CC)C(=O)/C=C(\O)C(CC)CC.Cc1c(N(C)C)sc2c(-c3[c-]c4ccccc4c(C(C)C)c3)nccc12.[Ir]. The van der Waals surface area contributed by atoms with Crippen LogP contribution in [0.25, 0.3) is 32.1 Å². The Labute approximate surface area is 270 Å². The topological polar surface area (TPSA) is 53.4 Å².